The van der Waals surface area contributed by atoms with Gasteiger partial charge in [0, 0.05) is 31.1 Å². The summed E-state index contributed by atoms with van der Waals surface area (Å²) in [5, 5.41) is 0.585. The van der Waals surface area contributed by atoms with E-state index in [0.717, 1.165) is 27.5 Å². The predicted molar refractivity (Wildman–Crippen MR) is 132 cm³/mol. The Bertz CT molecular complexity index is 1340. The number of thiophene rings is 1. The van der Waals surface area contributed by atoms with Crippen LogP contribution in [-0.4, -0.2) is 74.5 Å². The van der Waals surface area contributed by atoms with Gasteiger partial charge in [0.25, 0.3) is 0 Å². The molecule has 0 radical (unpaired) electrons. The zero-order chi connectivity index (χ0) is 26.1. The number of aromatic nitrogens is 2. The number of halogens is 3. The average molecular weight is 543 g/mol. The van der Waals surface area contributed by atoms with Gasteiger partial charge in [0.2, 0.25) is 15.9 Å². The largest absolute Gasteiger partial charge is 0.393 e. The molecule has 14 heteroatoms. The van der Waals surface area contributed by atoms with Crippen molar-refractivity contribution in [2.24, 2.45) is 5.73 Å². The highest BCUT2D eigenvalue weighted by Gasteiger charge is 2.30. The maximum Gasteiger partial charge on any atom is 0.393 e. The number of carbonyl (C=O) groups excluding carboxylic acids is 1. The van der Waals surface area contributed by atoms with Gasteiger partial charge in [0.15, 0.2) is 0 Å². The van der Waals surface area contributed by atoms with Crippen molar-refractivity contribution in [1.82, 2.24) is 14.9 Å². The molecule has 36 heavy (non-hydrogen) atoms. The zero-order valence-electron chi connectivity index (χ0n) is 19.4. The molecule has 2 N–H and O–H groups in total. The molecule has 0 unspecified atom stereocenters. The van der Waals surface area contributed by atoms with Crippen molar-refractivity contribution < 1.29 is 26.4 Å². The highest BCUT2D eigenvalue weighted by Crippen LogP contribution is 2.34. The first kappa shape index (κ1) is 26.1. The van der Waals surface area contributed by atoms with Gasteiger partial charge in [-0.05, 0) is 23.8 Å². The molecule has 1 aliphatic heterocycles. The second-order valence-electron chi connectivity index (χ2n) is 8.43. The summed E-state index contributed by atoms with van der Waals surface area (Å²) >= 11 is 1.01. The summed E-state index contributed by atoms with van der Waals surface area (Å²) in [4.78, 5) is 25.6. The number of alkyl halides is 3. The lowest BCUT2D eigenvalue weighted by Gasteiger charge is -2.35. The molecule has 1 saturated heterocycles. The molecule has 0 bridgehead atoms. The molecule has 0 saturated carbocycles. The van der Waals surface area contributed by atoms with Crippen LogP contribution in [0.1, 0.15) is 10.4 Å². The molecule has 3 heterocycles. The predicted octanol–water partition coefficient (Wildman–Crippen LogP) is 2.37. The van der Waals surface area contributed by atoms with E-state index in [9.17, 15) is 26.4 Å². The van der Waals surface area contributed by atoms with E-state index in [2.05, 4.69) is 9.97 Å². The number of nitrogens with two attached hydrogens (primary N) is 1. The van der Waals surface area contributed by atoms with Gasteiger partial charge in [-0.15, -0.1) is 11.3 Å². The van der Waals surface area contributed by atoms with Crippen molar-refractivity contribution in [2.45, 2.75) is 19.0 Å². The summed E-state index contributed by atoms with van der Waals surface area (Å²) in [6.45, 7) is 1.67. The first-order valence-electron chi connectivity index (χ1n) is 11.0. The third-order valence-corrected chi connectivity index (χ3v) is 8.02. The SMILES string of the molecule is CS(=O)(=O)N(CN)c1ccc(CC(=O)N2CCN(c3ncnc4sc(CC(F)(F)F)cc34)CC2)cc1. The Kier molecular flexibility index (Phi) is 7.38. The number of sulfonamides is 1. The molecule has 0 spiro atoms. The third kappa shape index (κ3) is 6.05. The van der Waals surface area contributed by atoms with Crippen molar-refractivity contribution in [1.29, 1.82) is 0 Å². The number of fused-ring (bicyclic) bond motifs is 1. The van der Waals surface area contributed by atoms with Crippen LogP contribution in [0.25, 0.3) is 10.2 Å². The summed E-state index contributed by atoms with van der Waals surface area (Å²) in [5.74, 6) is 0.500. The lowest BCUT2D eigenvalue weighted by Crippen LogP contribution is -2.49. The van der Waals surface area contributed by atoms with Gasteiger partial charge in [0.1, 0.15) is 17.0 Å². The normalized spacial score (nSPS) is 14.9. The number of rotatable bonds is 7. The highest BCUT2D eigenvalue weighted by molar-refractivity contribution is 7.92. The number of hydrogen-bond acceptors (Lipinski definition) is 8. The first-order valence-corrected chi connectivity index (χ1v) is 13.7. The molecule has 1 aliphatic rings. The molecule has 3 aromatic rings. The topological polar surface area (TPSA) is 113 Å². The molecule has 0 aliphatic carbocycles. The molecule has 1 aromatic carbocycles. The molecule has 9 nitrogen and oxygen atoms in total. The number of anilines is 2. The van der Waals surface area contributed by atoms with E-state index < -0.39 is 22.6 Å². The van der Waals surface area contributed by atoms with Gasteiger partial charge in [-0.3, -0.25) is 9.10 Å². The summed E-state index contributed by atoms with van der Waals surface area (Å²) in [6, 6.07) is 8.12. The van der Waals surface area contributed by atoms with Crippen molar-refractivity contribution >= 4 is 49.0 Å². The Morgan fingerprint density at radius 1 is 1.14 bits per heavy atom. The van der Waals surface area contributed by atoms with Gasteiger partial charge in [-0.25, -0.2) is 18.4 Å². The molecular formula is C22H25F3N6O3S2. The number of carbonyl (C=O) groups is 1. The minimum absolute atomic E-state index is 0.0722. The van der Waals surface area contributed by atoms with Crippen molar-refractivity contribution in [3.8, 4) is 0 Å². The Morgan fingerprint density at radius 2 is 1.81 bits per heavy atom. The lowest BCUT2D eigenvalue weighted by molar-refractivity contribution is -0.130. The summed E-state index contributed by atoms with van der Waals surface area (Å²) < 4.78 is 63.1. The standard InChI is InChI=1S/C22H25F3N6O3S2/c1-36(33,34)31(13-26)16-4-2-15(3-5-16)10-19(32)29-6-8-30(9-7-29)20-18-11-17(12-22(23,24)25)35-21(18)28-14-27-20/h2-5,11,14H,6-10,12-13,26H2,1H3. The van der Waals surface area contributed by atoms with Crippen LogP contribution in [-0.2, 0) is 27.7 Å². The smallest absolute Gasteiger partial charge is 0.352 e. The molecule has 0 atom stereocenters. The minimum atomic E-state index is -4.29. The maximum absolute atomic E-state index is 12.8. The van der Waals surface area contributed by atoms with E-state index in [1.807, 2.05) is 4.90 Å². The van der Waals surface area contributed by atoms with Crippen LogP contribution >= 0.6 is 11.3 Å². The van der Waals surface area contributed by atoms with Crippen LogP contribution in [0, 0.1) is 0 Å². The van der Waals surface area contributed by atoms with Crippen LogP contribution < -0.4 is 14.9 Å². The number of nitrogens with zero attached hydrogens (tertiary/aromatic N) is 5. The number of benzene rings is 1. The quantitative estimate of drug-likeness (QED) is 0.456. The van der Waals surface area contributed by atoms with E-state index in [1.165, 1.54) is 12.4 Å². The Morgan fingerprint density at radius 3 is 2.39 bits per heavy atom. The van der Waals surface area contributed by atoms with Crippen LogP contribution in [0.15, 0.2) is 36.7 Å². The number of amides is 1. The Balaban J connectivity index is 1.38. The lowest BCUT2D eigenvalue weighted by atomic mass is 10.1. The van der Waals surface area contributed by atoms with Gasteiger partial charge in [0.05, 0.1) is 36.8 Å². The van der Waals surface area contributed by atoms with E-state index in [4.69, 9.17) is 5.73 Å². The monoisotopic (exact) mass is 542 g/mol. The van der Waals surface area contributed by atoms with Crippen LogP contribution in [0.2, 0.25) is 0 Å². The first-order chi connectivity index (χ1) is 16.9. The number of hydrogen-bond donors (Lipinski definition) is 1. The zero-order valence-corrected chi connectivity index (χ0v) is 21.0. The summed E-state index contributed by atoms with van der Waals surface area (Å²) in [5.41, 5.74) is 6.71. The molecule has 1 amide bonds. The van der Waals surface area contributed by atoms with E-state index in [-0.39, 0.29) is 23.9 Å². The van der Waals surface area contributed by atoms with Gasteiger partial charge in [-0.2, -0.15) is 13.2 Å². The summed E-state index contributed by atoms with van der Waals surface area (Å²) in [7, 11) is -3.50. The van der Waals surface area contributed by atoms with E-state index in [1.54, 1.807) is 29.2 Å². The Hall–Kier alpha value is -2.97. The highest BCUT2D eigenvalue weighted by atomic mass is 32.2. The fourth-order valence-corrected chi connectivity index (χ4v) is 5.89. The molecule has 2 aromatic heterocycles. The average Bonchev–Trinajstić information content (AvgIpc) is 3.20. The fourth-order valence-electron chi connectivity index (χ4n) is 4.10. The maximum atomic E-state index is 12.8. The molecular weight excluding hydrogens is 517 g/mol. The Labute approximate surface area is 210 Å². The molecule has 4 rings (SSSR count). The fraction of sp³-hybridized carbons (Fsp3) is 0.409. The van der Waals surface area contributed by atoms with Crippen molar-refractivity contribution in [2.75, 3.05) is 48.3 Å². The molecule has 1 fully saturated rings. The van der Waals surface area contributed by atoms with E-state index >= 15 is 0 Å². The molecule has 194 valence electrons. The van der Waals surface area contributed by atoms with Crippen molar-refractivity contribution in [3.63, 3.8) is 0 Å². The van der Waals surface area contributed by atoms with Crippen LogP contribution in [0.4, 0.5) is 24.7 Å². The van der Waals surface area contributed by atoms with Gasteiger partial charge in [-0.1, -0.05) is 12.1 Å². The summed E-state index contributed by atoms with van der Waals surface area (Å²) in [6.07, 6.45) is -2.72. The van der Waals surface area contributed by atoms with Gasteiger partial charge >= 0.3 is 6.18 Å². The minimum Gasteiger partial charge on any atom is -0.352 e. The van der Waals surface area contributed by atoms with Crippen molar-refractivity contribution in [3.05, 3.63) is 47.1 Å². The van der Waals surface area contributed by atoms with Crippen LogP contribution in [0.3, 0.4) is 0 Å². The van der Waals surface area contributed by atoms with E-state index in [0.29, 0.717) is 47.9 Å². The second kappa shape index (κ2) is 10.2. The third-order valence-electron chi connectivity index (χ3n) is 5.81. The van der Waals surface area contributed by atoms with Crippen LogP contribution in [0.5, 0.6) is 0 Å². The number of piperazine rings is 1. The van der Waals surface area contributed by atoms with Gasteiger partial charge < -0.3 is 15.5 Å². The second-order valence-corrected chi connectivity index (χ2v) is 11.4.